The smallest absolute Gasteiger partial charge is 0.191 e. The van der Waals surface area contributed by atoms with Gasteiger partial charge in [0.05, 0.1) is 6.54 Å². The monoisotopic (exact) mass is 382 g/mol. The summed E-state index contributed by atoms with van der Waals surface area (Å²) in [6.07, 6.45) is 1.13. The van der Waals surface area contributed by atoms with E-state index in [0.29, 0.717) is 18.1 Å². The van der Waals surface area contributed by atoms with E-state index >= 15 is 0 Å². The van der Waals surface area contributed by atoms with E-state index in [9.17, 15) is 0 Å². The van der Waals surface area contributed by atoms with Gasteiger partial charge < -0.3 is 15.5 Å². The Labute approximate surface area is 168 Å². The molecule has 0 aromatic carbocycles. The topological polar surface area (TPSA) is 46.1 Å². The van der Waals surface area contributed by atoms with Gasteiger partial charge in [0.25, 0.3) is 0 Å². The summed E-state index contributed by atoms with van der Waals surface area (Å²) in [6, 6.07) is 1.69. The zero-order valence-corrected chi connectivity index (χ0v) is 19.1. The van der Waals surface area contributed by atoms with Crippen molar-refractivity contribution in [2.24, 2.45) is 4.99 Å². The standard InChI is InChI=1S/C21H46N6/c1-8-22-21(23-11-10-12-27(18(3)4)19(5)6)24-17-20(7)26-15-13-25(9-2)14-16-26/h18-20H,8-17H2,1-7H3,(H2,22,23,24). The lowest BCUT2D eigenvalue weighted by Gasteiger charge is -2.37. The first kappa shape index (κ1) is 24.2. The molecule has 1 atom stereocenters. The molecule has 0 saturated carbocycles. The molecule has 6 heteroatoms. The SMILES string of the molecule is CCNC(=NCC(C)N1CCN(CC)CC1)NCCCN(C(C)C)C(C)C. The average Bonchev–Trinajstić information content (AvgIpc) is 2.64. The van der Waals surface area contributed by atoms with Crippen molar-refractivity contribution in [1.82, 2.24) is 25.3 Å². The van der Waals surface area contributed by atoms with Gasteiger partial charge in [0.2, 0.25) is 0 Å². The number of piperazine rings is 1. The Morgan fingerprint density at radius 1 is 0.963 bits per heavy atom. The molecule has 0 aromatic heterocycles. The second-order valence-corrected chi connectivity index (χ2v) is 8.24. The molecule has 2 N–H and O–H groups in total. The average molecular weight is 383 g/mol. The van der Waals surface area contributed by atoms with E-state index in [1.165, 1.54) is 19.6 Å². The summed E-state index contributed by atoms with van der Waals surface area (Å²) in [5.41, 5.74) is 0. The molecule has 0 aromatic rings. The van der Waals surface area contributed by atoms with E-state index < -0.39 is 0 Å². The van der Waals surface area contributed by atoms with Crippen LogP contribution >= 0.6 is 0 Å². The molecule has 1 heterocycles. The summed E-state index contributed by atoms with van der Waals surface area (Å²) in [4.78, 5) is 12.5. The number of guanidine groups is 1. The van der Waals surface area contributed by atoms with Gasteiger partial charge in [-0.3, -0.25) is 14.8 Å². The molecule has 1 aliphatic rings. The molecule has 0 bridgehead atoms. The van der Waals surface area contributed by atoms with E-state index in [1.54, 1.807) is 0 Å². The Balaban J connectivity index is 2.38. The van der Waals surface area contributed by atoms with Gasteiger partial charge in [-0.05, 0) is 54.5 Å². The molecule has 0 radical (unpaired) electrons. The molecule has 1 fully saturated rings. The predicted octanol–water partition coefficient (Wildman–Crippen LogP) is 2.08. The van der Waals surface area contributed by atoms with Gasteiger partial charge in [0, 0.05) is 63.9 Å². The van der Waals surface area contributed by atoms with Crippen LogP contribution in [0.5, 0.6) is 0 Å². The lowest BCUT2D eigenvalue weighted by atomic mass is 10.2. The Morgan fingerprint density at radius 2 is 1.59 bits per heavy atom. The molecule has 1 saturated heterocycles. The first-order chi connectivity index (χ1) is 12.9. The minimum atomic E-state index is 0.497. The van der Waals surface area contributed by atoms with Gasteiger partial charge >= 0.3 is 0 Å². The van der Waals surface area contributed by atoms with Crippen molar-refractivity contribution in [2.75, 3.05) is 58.9 Å². The van der Waals surface area contributed by atoms with Gasteiger partial charge in [-0.15, -0.1) is 0 Å². The molecule has 0 aliphatic carbocycles. The van der Waals surface area contributed by atoms with Crippen LogP contribution in [0, 0.1) is 0 Å². The zero-order valence-electron chi connectivity index (χ0n) is 19.1. The molecule has 1 aliphatic heterocycles. The third kappa shape index (κ3) is 9.26. The Bertz CT molecular complexity index is 393. The van der Waals surface area contributed by atoms with Crippen molar-refractivity contribution < 1.29 is 0 Å². The summed E-state index contributed by atoms with van der Waals surface area (Å²) >= 11 is 0. The van der Waals surface area contributed by atoms with Gasteiger partial charge in [-0.25, -0.2) is 0 Å². The van der Waals surface area contributed by atoms with Crippen LogP contribution in [0.15, 0.2) is 4.99 Å². The molecule has 27 heavy (non-hydrogen) atoms. The van der Waals surface area contributed by atoms with Crippen LogP contribution in [0.2, 0.25) is 0 Å². The molecule has 6 nitrogen and oxygen atoms in total. The zero-order chi connectivity index (χ0) is 20.2. The highest BCUT2D eigenvalue weighted by Gasteiger charge is 2.20. The fourth-order valence-electron chi connectivity index (χ4n) is 3.78. The van der Waals surface area contributed by atoms with Gasteiger partial charge in [0.1, 0.15) is 0 Å². The number of nitrogens with zero attached hydrogens (tertiary/aromatic N) is 4. The second-order valence-electron chi connectivity index (χ2n) is 8.24. The van der Waals surface area contributed by atoms with E-state index in [4.69, 9.17) is 4.99 Å². The number of aliphatic imine (C=N–C) groups is 1. The second kappa shape index (κ2) is 13.3. The number of likely N-dealkylation sites (N-methyl/N-ethyl adjacent to an activating group) is 1. The van der Waals surface area contributed by atoms with E-state index in [-0.39, 0.29) is 0 Å². The summed E-state index contributed by atoms with van der Waals surface area (Å²) in [5.74, 6) is 0.956. The van der Waals surface area contributed by atoms with Crippen LogP contribution < -0.4 is 10.6 Å². The van der Waals surface area contributed by atoms with Crippen molar-refractivity contribution in [3.8, 4) is 0 Å². The molecule has 0 amide bonds. The summed E-state index contributed by atoms with van der Waals surface area (Å²) < 4.78 is 0. The van der Waals surface area contributed by atoms with Crippen molar-refractivity contribution in [3.63, 3.8) is 0 Å². The molecular weight excluding hydrogens is 336 g/mol. The van der Waals surface area contributed by atoms with Crippen LogP contribution in [0.4, 0.5) is 0 Å². The molecule has 1 unspecified atom stereocenters. The maximum atomic E-state index is 4.84. The van der Waals surface area contributed by atoms with Gasteiger partial charge in [-0.2, -0.15) is 0 Å². The fraction of sp³-hybridized carbons (Fsp3) is 0.952. The van der Waals surface area contributed by atoms with Crippen LogP contribution in [-0.2, 0) is 0 Å². The molecule has 0 spiro atoms. The maximum absolute atomic E-state index is 4.84. The van der Waals surface area contributed by atoms with Crippen LogP contribution in [0.3, 0.4) is 0 Å². The highest BCUT2D eigenvalue weighted by molar-refractivity contribution is 5.79. The lowest BCUT2D eigenvalue weighted by molar-refractivity contribution is 0.109. The Morgan fingerprint density at radius 3 is 2.11 bits per heavy atom. The number of hydrogen-bond acceptors (Lipinski definition) is 4. The Hall–Kier alpha value is -0.850. The molecule has 160 valence electrons. The van der Waals surface area contributed by atoms with E-state index in [2.05, 4.69) is 73.8 Å². The summed E-state index contributed by atoms with van der Waals surface area (Å²) in [5, 5.41) is 6.90. The first-order valence-corrected chi connectivity index (χ1v) is 11.1. The lowest BCUT2D eigenvalue weighted by Crippen LogP contribution is -2.50. The number of hydrogen-bond donors (Lipinski definition) is 2. The third-order valence-electron chi connectivity index (χ3n) is 5.55. The number of rotatable bonds is 11. The molecular formula is C21H46N6. The fourth-order valence-corrected chi connectivity index (χ4v) is 3.78. The van der Waals surface area contributed by atoms with Gasteiger partial charge in [0.15, 0.2) is 5.96 Å². The van der Waals surface area contributed by atoms with Crippen molar-refractivity contribution >= 4 is 5.96 Å². The van der Waals surface area contributed by atoms with Crippen LogP contribution in [-0.4, -0.2) is 97.7 Å². The quantitative estimate of drug-likeness (QED) is 0.325. The summed E-state index contributed by atoms with van der Waals surface area (Å²) in [6.45, 7) is 25.5. The highest BCUT2D eigenvalue weighted by Crippen LogP contribution is 2.07. The van der Waals surface area contributed by atoms with Crippen molar-refractivity contribution in [2.45, 2.75) is 73.0 Å². The summed E-state index contributed by atoms with van der Waals surface area (Å²) in [7, 11) is 0. The normalized spacial score (nSPS) is 18.5. The third-order valence-corrected chi connectivity index (χ3v) is 5.55. The Kier molecular flexibility index (Phi) is 12.0. The minimum absolute atomic E-state index is 0.497. The first-order valence-electron chi connectivity index (χ1n) is 11.1. The maximum Gasteiger partial charge on any atom is 0.191 e. The van der Waals surface area contributed by atoms with Crippen LogP contribution in [0.1, 0.15) is 54.9 Å². The van der Waals surface area contributed by atoms with Crippen LogP contribution in [0.25, 0.3) is 0 Å². The number of nitrogens with one attached hydrogen (secondary N) is 2. The molecule has 1 rings (SSSR count). The van der Waals surface area contributed by atoms with E-state index in [0.717, 1.165) is 51.6 Å². The largest absolute Gasteiger partial charge is 0.357 e. The van der Waals surface area contributed by atoms with Crippen molar-refractivity contribution in [3.05, 3.63) is 0 Å². The predicted molar refractivity (Wildman–Crippen MR) is 119 cm³/mol. The van der Waals surface area contributed by atoms with Crippen molar-refractivity contribution in [1.29, 1.82) is 0 Å². The van der Waals surface area contributed by atoms with Gasteiger partial charge in [-0.1, -0.05) is 6.92 Å². The highest BCUT2D eigenvalue weighted by atomic mass is 15.3. The van der Waals surface area contributed by atoms with E-state index in [1.807, 2.05) is 0 Å². The minimum Gasteiger partial charge on any atom is -0.357 e.